The molecule has 0 spiro atoms. The second-order valence-corrected chi connectivity index (χ2v) is 4.59. The number of rotatable bonds is 2. The van der Waals surface area contributed by atoms with Crippen LogP contribution < -0.4 is 5.32 Å². The molecule has 0 saturated carbocycles. The van der Waals surface area contributed by atoms with Crippen LogP contribution in [0.4, 0.5) is 4.79 Å². The quantitative estimate of drug-likeness (QED) is 0.716. The molecule has 1 amide bonds. The molecule has 5 nitrogen and oxygen atoms in total. The minimum absolute atomic E-state index is 0.137. The lowest BCUT2D eigenvalue weighted by atomic mass is 10.1. The molecule has 5 heteroatoms. The molecule has 0 aromatic heterocycles. The van der Waals surface area contributed by atoms with Crippen LogP contribution in [-0.2, 0) is 6.42 Å². The Morgan fingerprint density at radius 1 is 1.33 bits per heavy atom. The molecule has 3 N–H and O–H groups in total. The topological polar surface area (TPSA) is 72.8 Å². The molecule has 1 aromatic carbocycles. The van der Waals surface area contributed by atoms with Gasteiger partial charge in [0, 0.05) is 13.1 Å². The molecule has 2 atom stereocenters. The highest BCUT2D eigenvalue weighted by atomic mass is 16.4. The first-order valence-electron chi connectivity index (χ1n) is 6.09. The molecule has 18 heavy (non-hydrogen) atoms. The van der Waals surface area contributed by atoms with Gasteiger partial charge in [0.05, 0.1) is 18.7 Å². The maximum absolute atomic E-state index is 11.2. The van der Waals surface area contributed by atoms with Crippen LogP contribution in [0, 0.1) is 0 Å². The van der Waals surface area contributed by atoms with E-state index in [1.165, 1.54) is 4.90 Å². The van der Waals surface area contributed by atoms with Gasteiger partial charge in [-0.25, -0.2) is 4.79 Å². The van der Waals surface area contributed by atoms with E-state index in [1.807, 2.05) is 30.3 Å². The molecular formula is C13H18N2O3. The smallest absolute Gasteiger partial charge is 0.407 e. The SMILES string of the molecule is O=C(O)N1CC(O)CNCC1Cc1ccccc1. The number of aliphatic hydroxyl groups is 1. The maximum atomic E-state index is 11.2. The summed E-state index contributed by atoms with van der Waals surface area (Å²) in [7, 11) is 0. The summed E-state index contributed by atoms with van der Waals surface area (Å²) in [4.78, 5) is 12.6. The molecule has 0 radical (unpaired) electrons. The lowest BCUT2D eigenvalue weighted by molar-refractivity contribution is 0.0924. The summed E-state index contributed by atoms with van der Waals surface area (Å²) in [6.45, 7) is 1.17. The van der Waals surface area contributed by atoms with Crippen LogP contribution >= 0.6 is 0 Å². The molecule has 98 valence electrons. The van der Waals surface area contributed by atoms with Crippen molar-refractivity contribution in [2.24, 2.45) is 0 Å². The number of hydrogen-bond acceptors (Lipinski definition) is 3. The van der Waals surface area contributed by atoms with Crippen molar-refractivity contribution >= 4 is 6.09 Å². The van der Waals surface area contributed by atoms with Gasteiger partial charge in [-0.3, -0.25) is 0 Å². The van der Waals surface area contributed by atoms with Gasteiger partial charge in [-0.2, -0.15) is 0 Å². The molecule has 1 heterocycles. The van der Waals surface area contributed by atoms with Crippen molar-refractivity contribution in [1.29, 1.82) is 0 Å². The van der Waals surface area contributed by atoms with E-state index >= 15 is 0 Å². The summed E-state index contributed by atoms with van der Waals surface area (Å²) in [6, 6.07) is 9.66. The molecule has 2 rings (SSSR count). The van der Waals surface area contributed by atoms with Gasteiger partial charge in [-0.15, -0.1) is 0 Å². The number of aliphatic hydroxyl groups excluding tert-OH is 1. The Balaban J connectivity index is 2.10. The fourth-order valence-electron chi connectivity index (χ4n) is 2.27. The molecule has 1 aliphatic rings. The number of nitrogens with one attached hydrogen (secondary N) is 1. The van der Waals surface area contributed by atoms with Gasteiger partial charge in [-0.05, 0) is 12.0 Å². The van der Waals surface area contributed by atoms with Crippen molar-refractivity contribution < 1.29 is 15.0 Å². The van der Waals surface area contributed by atoms with Crippen molar-refractivity contribution in [2.45, 2.75) is 18.6 Å². The normalized spacial score (nSPS) is 24.6. The third-order valence-electron chi connectivity index (χ3n) is 3.17. The van der Waals surface area contributed by atoms with E-state index in [0.29, 0.717) is 19.5 Å². The first-order valence-corrected chi connectivity index (χ1v) is 6.09. The maximum Gasteiger partial charge on any atom is 0.407 e. The number of amides is 1. The van der Waals surface area contributed by atoms with Crippen molar-refractivity contribution in [2.75, 3.05) is 19.6 Å². The largest absolute Gasteiger partial charge is 0.465 e. The molecular weight excluding hydrogens is 232 g/mol. The summed E-state index contributed by atoms with van der Waals surface area (Å²) in [5.74, 6) is 0. The standard InChI is InChI=1S/C13H18N2O3/c16-12-8-14-7-11(15(9-12)13(17)18)6-10-4-2-1-3-5-10/h1-5,11-12,14,16H,6-9H2,(H,17,18). The highest BCUT2D eigenvalue weighted by Crippen LogP contribution is 2.12. The third-order valence-corrected chi connectivity index (χ3v) is 3.17. The Morgan fingerprint density at radius 3 is 2.72 bits per heavy atom. The molecule has 0 aliphatic carbocycles. The molecule has 1 aliphatic heterocycles. The number of carboxylic acid groups (broad SMARTS) is 1. The predicted octanol–water partition coefficient (Wildman–Crippen LogP) is 0.542. The molecule has 1 aromatic rings. The number of β-amino-alcohol motifs (C(OH)–C–C–N with tert-alkyl or cyclic N) is 1. The highest BCUT2D eigenvalue weighted by molar-refractivity contribution is 5.65. The lowest BCUT2D eigenvalue weighted by Gasteiger charge is -2.27. The first-order chi connectivity index (χ1) is 8.66. The minimum Gasteiger partial charge on any atom is -0.465 e. The van der Waals surface area contributed by atoms with Gasteiger partial charge >= 0.3 is 6.09 Å². The Bertz CT molecular complexity index is 396. The van der Waals surface area contributed by atoms with E-state index in [1.54, 1.807) is 0 Å². The Hall–Kier alpha value is -1.59. The summed E-state index contributed by atoms with van der Waals surface area (Å²) >= 11 is 0. The van der Waals surface area contributed by atoms with Crippen molar-refractivity contribution in [3.05, 3.63) is 35.9 Å². The zero-order valence-corrected chi connectivity index (χ0v) is 10.1. The van der Waals surface area contributed by atoms with E-state index < -0.39 is 12.2 Å². The van der Waals surface area contributed by atoms with Crippen LogP contribution in [0.3, 0.4) is 0 Å². The van der Waals surface area contributed by atoms with E-state index in [9.17, 15) is 15.0 Å². The zero-order chi connectivity index (χ0) is 13.0. The second kappa shape index (κ2) is 5.84. The van der Waals surface area contributed by atoms with E-state index in [-0.39, 0.29) is 12.6 Å². The summed E-state index contributed by atoms with van der Waals surface area (Å²) in [6.07, 6.45) is -0.951. The average Bonchev–Trinajstić information content (AvgIpc) is 2.53. The van der Waals surface area contributed by atoms with Gasteiger partial charge < -0.3 is 20.4 Å². The number of hydrogen-bond donors (Lipinski definition) is 3. The molecule has 1 saturated heterocycles. The Labute approximate surface area is 106 Å². The second-order valence-electron chi connectivity index (χ2n) is 4.59. The molecule has 1 fully saturated rings. The van der Waals surface area contributed by atoms with Gasteiger partial charge in [0.1, 0.15) is 0 Å². The first kappa shape index (κ1) is 12.9. The van der Waals surface area contributed by atoms with Crippen LogP contribution in [0.25, 0.3) is 0 Å². The minimum atomic E-state index is -0.973. The monoisotopic (exact) mass is 250 g/mol. The van der Waals surface area contributed by atoms with Gasteiger partial charge in [-0.1, -0.05) is 30.3 Å². The third kappa shape index (κ3) is 3.21. The predicted molar refractivity (Wildman–Crippen MR) is 67.5 cm³/mol. The Kier molecular flexibility index (Phi) is 4.17. The van der Waals surface area contributed by atoms with Crippen LogP contribution in [0.2, 0.25) is 0 Å². The zero-order valence-electron chi connectivity index (χ0n) is 10.1. The van der Waals surface area contributed by atoms with Crippen LogP contribution in [-0.4, -0.2) is 53.0 Å². The van der Waals surface area contributed by atoms with Gasteiger partial charge in [0.2, 0.25) is 0 Å². The summed E-state index contributed by atoms with van der Waals surface area (Å²) in [5, 5.41) is 21.9. The molecule has 2 unspecified atom stereocenters. The van der Waals surface area contributed by atoms with Crippen LogP contribution in [0.5, 0.6) is 0 Å². The van der Waals surface area contributed by atoms with Crippen LogP contribution in [0.15, 0.2) is 30.3 Å². The van der Waals surface area contributed by atoms with Crippen molar-refractivity contribution in [3.8, 4) is 0 Å². The van der Waals surface area contributed by atoms with E-state index in [2.05, 4.69) is 5.32 Å². The van der Waals surface area contributed by atoms with Gasteiger partial charge in [0.25, 0.3) is 0 Å². The van der Waals surface area contributed by atoms with E-state index in [4.69, 9.17) is 0 Å². The number of nitrogens with zero attached hydrogens (tertiary/aromatic N) is 1. The van der Waals surface area contributed by atoms with Crippen LogP contribution in [0.1, 0.15) is 5.56 Å². The highest BCUT2D eigenvalue weighted by Gasteiger charge is 2.28. The van der Waals surface area contributed by atoms with Gasteiger partial charge in [0.15, 0.2) is 0 Å². The fraction of sp³-hybridized carbons (Fsp3) is 0.462. The number of carbonyl (C=O) groups is 1. The Morgan fingerprint density at radius 2 is 2.06 bits per heavy atom. The fourth-order valence-corrected chi connectivity index (χ4v) is 2.27. The average molecular weight is 250 g/mol. The van der Waals surface area contributed by atoms with E-state index in [0.717, 1.165) is 5.56 Å². The summed E-state index contributed by atoms with van der Waals surface area (Å²) < 4.78 is 0. The summed E-state index contributed by atoms with van der Waals surface area (Å²) in [5.41, 5.74) is 1.10. The number of benzene rings is 1. The molecule has 0 bridgehead atoms. The van der Waals surface area contributed by atoms with Crippen molar-refractivity contribution in [3.63, 3.8) is 0 Å². The lowest BCUT2D eigenvalue weighted by Crippen LogP contribution is -2.45. The van der Waals surface area contributed by atoms with Crippen molar-refractivity contribution in [1.82, 2.24) is 10.2 Å².